The van der Waals surface area contributed by atoms with E-state index in [2.05, 4.69) is 209 Å². The van der Waals surface area contributed by atoms with E-state index < -0.39 is 5.41 Å². The van der Waals surface area contributed by atoms with Crippen LogP contribution in [0.1, 0.15) is 59.7 Å². The molecule has 1 heterocycles. The predicted molar refractivity (Wildman–Crippen MR) is 242 cm³/mol. The van der Waals surface area contributed by atoms with Crippen LogP contribution in [0.2, 0.25) is 0 Å². The van der Waals surface area contributed by atoms with Crippen LogP contribution >= 0.6 is 0 Å². The fourth-order valence-corrected chi connectivity index (χ4v) is 10.1. The van der Waals surface area contributed by atoms with Gasteiger partial charge in [-0.2, -0.15) is 0 Å². The van der Waals surface area contributed by atoms with Crippen LogP contribution in [-0.2, 0) is 11.8 Å². The Hall–Kier alpha value is -7.10. The van der Waals surface area contributed by atoms with E-state index >= 15 is 0 Å². The van der Waals surface area contributed by atoms with E-state index in [-0.39, 0.29) is 0 Å². The molecule has 0 saturated heterocycles. The zero-order valence-corrected chi connectivity index (χ0v) is 33.7. The highest BCUT2D eigenvalue weighted by Gasteiger charge is 2.52. The summed E-state index contributed by atoms with van der Waals surface area (Å²) in [5.74, 6) is 2.83. The molecule has 0 N–H and O–H groups in total. The number of nitrogens with zero attached hydrogens (tertiary/aromatic N) is 1. The van der Waals surface area contributed by atoms with Crippen molar-refractivity contribution in [1.82, 2.24) is 0 Å². The Bertz CT molecular complexity index is 2980. The van der Waals surface area contributed by atoms with Crippen molar-refractivity contribution in [2.24, 2.45) is 0 Å². The van der Waals surface area contributed by atoms with Gasteiger partial charge in [-0.3, -0.25) is 0 Å². The van der Waals surface area contributed by atoms with Gasteiger partial charge in [0, 0.05) is 23.1 Å². The molecular weight excluding hydrogens is 719 g/mol. The normalized spacial score (nSPS) is 13.8. The largest absolute Gasteiger partial charge is 0.449 e. The molecule has 0 fully saturated rings. The van der Waals surface area contributed by atoms with Gasteiger partial charge in [0.1, 0.15) is 0 Å². The number of fused-ring (bicyclic) bond motifs is 12. The molecular formula is C56H43NO2. The van der Waals surface area contributed by atoms with Crippen molar-refractivity contribution in [3.8, 4) is 56.4 Å². The third-order valence-electron chi connectivity index (χ3n) is 12.9. The number of aryl methyl sites for hydroxylation is 2. The quantitative estimate of drug-likeness (QED) is 0.168. The zero-order valence-electron chi connectivity index (χ0n) is 33.7. The van der Waals surface area contributed by atoms with Gasteiger partial charge in [-0.05, 0) is 141 Å². The molecule has 284 valence electrons. The number of ether oxygens (including phenoxy) is 2. The van der Waals surface area contributed by atoms with E-state index in [1.54, 1.807) is 0 Å². The molecule has 0 bridgehead atoms. The molecule has 3 nitrogen and oxygen atoms in total. The summed E-state index contributed by atoms with van der Waals surface area (Å²) in [6.45, 7) is 8.86. The number of anilines is 2. The molecule has 0 radical (unpaired) electrons. The van der Waals surface area contributed by atoms with Gasteiger partial charge in [0.15, 0.2) is 23.0 Å². The molecule has 1 aliphatic heterocycles. The van der Waals surface area contributed by atoms with Crippen LogP contribution in [0.3, 0.4) is 0 Å². The first-order valence-electron chi connectivity index (χ1n) is 20.6. The number of allylic oxidation sites excluding steroid dienone is 2. The van der Waals surface area contributed by atoms with E-state index in [4.69, 9.17) is 9.47 Å². The molecule has 0 atom stereocenters. The second kappa shape index (κ2) is 13.5. The minimum absolute atomic E-state index is 0.450. The maximum absolute atomic E-state index is 6.92. The molecule has 0 amide bonds. The highest BCUT2D eigenvalue weighted by atomic mass is 16.6. The van der Waals surface area contributed by atoms with Crippen LogP contribution in [0.15, 0.2) is 182 Å². The number of hydrogen-bond acceptors (Lipinski definition) is 3. The number of hydrogen-bond donors (Lipinski definition) is 0. The second-order valence-electron chi connectivity index (χ2n) is 16.0. The molecule has 8 aromatic carbocycles. The molecule has 3 aliphatic rings. The molecule has 1 spiro atoms. The van der Waals surface area contributed by atoms with Crippen molar-refractivity contribution in [3.05, 3.63) is 221 Å². The third-order valence-corrected chi connectivity index (χ3v) is 12.9. The first kappa shape index (κ1) is 35.1. The van der Waals surface area contributed by atoms with Gasteiger partial charge < -0.3 is 14.4 Å². The molecule has 0 unspecified atom stereocenters. The zero-order chi connectivity index (χ0) is 39.8. The Morgan fingerprint density at radius 2 is 1.05 bits per heavy atom. The average molecular weight is 762 g/mol. The minimum Gasteiger partial charge on any atom is -0.449 e. The summed E-state index contributed by atoms with van der Waals surface area (Å²) < 4.78 is 13.8. The van der Waals surface area contributed by atoms with Gasteiger partial charge in [-0.25, -0.2) is 0 Å². The fourth-order valence-electron chi connectivity index (χ4n) is 10.1. The first-order valence-corrected chi connectivity index (χ1v) is 20.6. The smallest absolute Gasteiger partial charge is 0.172 e. The molecule has 2 aliphatic carbocycles. The van der Waals surface area contributed by atoms with Crippen molar-refractivity contribution in [2.45, 2.75) is 39.5 Å². The van der Waals surface area contributed by atoms with Gasteiger partial charge >= 0.3 is 0 Å². The van der Waals surface area contributed by atoms with E-state index in [0.717, 1.165) is 29.2 Å². The number of benzene rings is 8. The standard InChI is InChI=1S/C56H43NO2/c1-5-38-17-9-10-20-42(38)40-27-29-51(35(2)31-40)57(37(4)36(3)39-18-7-6-8-19-39)41-28-30-52-53(32-41)59-54-33-46-45-23-13-16-26-49(45)56(50(46)34-55(54)58-52)47-24-14-11-21-43(47)44-22-12-15-25-48(44)56/h6-34H,5H2,1-4H3/b37-36-. The van der Waals surface area contributed by atoms with Crippen molar-refractivity contribution in [3.63, 3.8) is 0 Å². The van der Waals surface area contributed by atoms with Gasteiger partial charge in [0.2, 0.25) is 0 Å². The number of rotatable bonds is 6. The highest BCUT2D eigenvalue weighted by molar-refractivity contribution is 5.96. The third kappa shape index (κ3) is 5.21. The van der Waals surface area contributed by atoms with E-state index in [0.29, 0.717) is 17.2 Å². The Morgan fingerprint density at radius 3 is 1.71 bits per heavy atom. The summed E-state index contributed by atoms with van der Waals surface area (Å²) in [6, 6.07) is 63.6. The van der Waals surface area contributed by atoms with Crippen LogP contribution in [0, 0.1) is 6.92 Å². The van der Waals surface area contributed by atoms with Gasteiger partial charge in [0.25, 0.3) is 0 Å². The highest BCUT2D eigenvalue weighted by Crippen LogP contribution is 2.64. The van der Waals surface area contributed by atoms with E-state index in [1.165, 1.54) is 77.9 Å². The molecule has 11 rings (SSSR count). The topological polar surface area (TPSA) is 21.7 Å². The summed E-state index contributed by atoms with van der Waals surface area (Å²) in [6.07, 6.45) is 0.986. The second-order valence-corrected chi connectivity index (χ2v) is 16.0. The lowest BCUT2D eigenvalue weighted by Gasteiger charge is -2.32. The lowest BCUT2D eigenvalue weighted by Crippen LogP contribution is -2.25. The Balaban J connectivity index is 1.03. The summed E-state index contributed by atoms with van der Waals surface area (Å²) >= 11 is 0. The van der Waals surface area contributed by atoms with E-state index in [1.807, 2.05) is 0 Å². The monoisotopic (exact) mass is 761 g/mol. The Kier molecular flexibility index (Phi) is 8.03. The summed E-state index contributed by atoms with van der Waals surface area (Å²) in [4.78, 5) is 2.37. The molecule has 8 aromatic rings. The summed E-state index contributed by atoms with van der Waals surface area (Å²) in [5.41, 5.74) is 20.3. The molecule has 3 heteroatoms. The summed E-state index contributed by atoms with van der Waals surface area (Å²) in [5, 5.41) is 0. The SMILES string of the molecule is CCc1ccccc1-c1ccc(N(/C(C)=C(/C)c2ccccc2)c2ccc3c(c2)Oc2cc4c(cc2O3)C2(c3ccccc3-c3ccccc32)c2ccccc2-4)c(C)c1. The van der Waals surface area contributed by atoms with Crippen molar-refractivity contribution in [1.29, 1.82) is 0 Å². The van der Waals surface area contributed by atoms with Crippen LogP contribution in [0.25, 0.3) is 39.0 Å². The van der Waals surface area contributed by atoms with Gasteiger partial charge in [-0.1, -0.05) is 140 Å². The lowest BCUT2D eigenvalue weighted by atomic mass is 9.70. The van der Waals surface area contributed by atoms with Crippen molar-refractivity contribution >= 4 is 16.9 Å². The molecule has 0 aromatic heterocycles. The Labute approximate surface area is 346 Å². The Morgan fingerprint density at radius 1 is 0.492 bits per heavy atom. The average Bonchev–Trinajstić information content (AvgIpc) is 3.75. The summed E-state index contributed by atoms with van der Waals surface area (Å²) in [7, 11) is 0. The maximum Gasteiger partial charge on any atom is 0.172 e. The molecule has 0 saturated carbocycles. The minimum atomic E-state index is -0.450. The van der Waals surface area contributed by atoms with Crippen LogP contribution in [-0.4, -0.2) is 0 Å². The van der Waals surface area contributed by atoms with Crippen molar-refractivity contribution < 1.29 is 9.47 Å². The maximum atomic E-state index is 6.92. The fraction of sp³-hybridized carbons (Fsp3) is 0.107. The van der Waals surface area contributed by atoms with Crippen LogP contribution in [0.5, 0.6) is 23.0 Å². The van der Waals surface area contributed by atoms with Crippen molar-refractivity contribution in [2.75, 3.05) is 4.90 Å². The van der Waals surface area contributed by atoms with Crippen LogP contribution < -0.4 is 14.4 Å². The van der Waals surface area contributed by atoms with E-state index in [9.17, 15) is 0 Å². The lowest BCUT2D eigenvalue weighted by molar-refractivity contribution is 0.359. The van der Waals surface area contributed by atoms with Gasteiger partial charge in [-0.15, -0.1) is 0 Å². The van der Waals surface area contributed by atoms with Crippen LogP contribution in [0.4, 0.5) is 11.4 Å². The first-order chi connectivity index (χ1) is 28.9. The predicted octanol–water partition coefficient (Wildman–Crippen LogP) is 15.1. The van der Waals surface area contributed by atoms with Gasteiger partial charge in [0.05, 0.1) is 5.41 Å². The molecule has 59 heavy (non-hydrogen) atoms.